The zero-order valence-electron chi connectivity index (χ0n) is 15.3. The van der Waals surface area contributed by atoms with Gasteiger partial charge in [-0.05, 0) is 31.9 Å². The van der Waals surface area contributed by atoms with E-state index in [2.05, 4.69) is 5.32 Å². The van der Waals surface area contributed by atoms with Crippen LogP contribution in [0.5, 0.6) is 5.75 Å². The Balaban J connectivity index is 1.71. The number of benzene rings is 1. The summed E-state index contributed by atoms with van der Waals surface area (Å²) in [6.45, 7) is 2.05. The molecule has 0 unspecified atom stereocenters. The monoisotopic (exact) mass is 359 g/mol. The molecule has 1 aromatic rings. The first-order valence-corrected chi connectivity index (χ1v) is 9.11. The minimum atomic E-state index is -0.765. The van der Waals surface area contributed by atoms with Crippen LogP contribution in [0.3, 0.4) is 0 Å². The molecule has 4 amide bonds. The van der Waals surface area contributed by atoms with Crippen molar-refractivity contribution in [2.45, 2.75) is 44.6 Å². The van der Waals surface area contributed by atoms with E-state index >= 15 is 0 Å². The van der Waals surface area contributed by atoms with Crippen LogP contribution < -0.4 is 10.1 Å². The van der Waals surface area contributed by atoms with E-state index in [0.29, 0.717) is 30.9 Å². The Hall–Kier alpha value is -2.57. The van der Waals surface area contributed by atoms with Gasteiger partial charge in [0.25, 0.3) is 5.91 Å². The van der Waals surface area contributed by atoms with Gasteiger partial charge in [0.1, 0.15) is 17.8 Å². The van der Waals surface area contributed by atoms with Gasteiger partial charge in [-0.3, -0.25) is 14.5 Å². The average molecular weight is 359 g/mol. The number of hydrogen-bond acceptors (Lipinski definition) is 4. The van der Waals surface area contributed by atoms with Crippen molar-refractivity contribution in [2.75, 3.05) is 25.5 Å². The summed E-state index contributed by atoms with van der Waals surface area (Å²) in [5, 5.41) is 2.74. The number of nitrogens with one attached hydrogen (secondary N) is 1. The maximum absolute atomic E-state index is 12.9. The van der Waals surface area contributed by atoms with E-state index < -0.39 is 17.5 Å². The molecule has 0 aromatic heterocycles. The maximum atomic E-state index is 12.9. The fourth-order valence-corrected chi connectivity index (χ4v) is 3.86. The Morgan fingerprint density at radius 3 is 2.58 bits per heavy atom. The lowest BCUT2D eigenvalue weighted by Gasteiger charge is -2.35. The van der Waals surface area contributed by atoms with E-state index in [-0.39, 0.29) is 12.5 Å². The number of carbonyl (C=O) groups is 3. The third kappa shape index (κ3) is 3.13. The summed E-state index contributed by atoms with van der Waals surface area (Å²) < 4.78 is 5.49. The number of para-hydroxylation sites is 2. The van der Waals surface area contributed by atoms with E-state index in [9.17, 15) is 14.4 Å². The summed E-state index contributed by atoms with van der Waals surface area (Å²) in [7, 11) is 1.66. The van der Waals surface area contributed by atoms with Crippen molar-refractivity contribution in [2.24, 2.45) is 0 Å². The lowest BCUT2D eigenvalue weighted by Crippen LogP contribution is -2.49. The molecule has 1 aliphatic carbocycles. The lowest BCUT2D eigenvalue weighted by molar-refractivity contribution is -0.136. The van der Waals surface area contributed by atoms with Crippen molar-refractivity contribution in [1.29, 1.82) is 0 Å². The fourth-order valence-electron chi connectivity index (χ4n) is 3.86. The van der Waals surface area contributed by atoms with Gasteiger partial charge in [0.2, 0.25) is 5.91 Å². The number of nitrogens with zero attached hydrogens (tertiary/aromatic N) is 2. The first-order valence-electron chi connectivity index (χ1n) is 9.11. The van der Waals surface area contributed by atoms with Gasteiger partial charge in [-0.2, -0.15) is 0 Å². The second-order valence-corrected chi connectivity index (χ2v) is 6.80. The number of amides is 4. The van der Waals surface area contributed by atoms with Gasteiger partial charge in [0.15, 0.2) is 0 Å². The number of likely N-dealkylation sites (N-methyl/N-ethyl adjacent to an activating group) is 1. The van der Waals surface area contributed by atoms with Gasteiger partial charge in [0, 0.05) is 7.05 Å². The van der Waals surface area contributed by atoms with Gasteiger partial charge < -0.3 is 15.0 Å². The summed E-state index contributed by atoms with van der Waals surface area (Å²) in [6.07, 6.45) is 4.25. The molecule has 1 saturated carbocycles. The second kappa shape index (κ2) is 7.35. The SMILES string of the molecule is CCOc1ccccc1NC(=O)CN1C(=O)N(C)C2(CCCCC2)C1=O. The summed E-state index contributed by atoms with van der Waals surface area (Å²) in [4.78, 5) is 40.6. The van der Waals surface area contributed by atoms with Crippen LogP contribution in [-0.4, -0.2) is 53.4 Å². The van der Waals surface area contributed by atoms with Crippen LogP contribution in [0.4, 0.5) is 10.5 Å². The molecule has 2 aliphatic rings. The van der Waals surface area contributed by atoms with Crippen molar-refractivity contribution in [3.63, 3.8) is 0 Å². The maximum Gasteiger partial charge on any atom is 0.327 e. The van der Waals surface area contributed by atoms with Crippen molar-refractivity contribution in [3.05, 3.63) is 24.3 Å². The first-order chi connectivity index (χ1) is 12.5. The van der Waals surface area contributed by atoms with Gasteiger partial charge in [-0.15, -0.1) is 0 Å². The molecule has 0 radical (unpaired) electrons. The van der Waals surface area contributed by atoms with E-state index in [1.165, 1.54) is 4.90 Å². The highest BCUT2D eigenvalue weighted by atomic mass is 16.5. The summed E-state index contributed by atoms with van der Waals surface area (Å²) in [5.41, 5.74) is -0.238. The minimum Gasteiger partial charge on any atom is -0.492 e. The molecule has 1 N–H and O–H groups in total. The fraction of sp³-hybridized carbons (Fsp3) is 0.526. The van der Waals surface area contributed by atoms with E-state index in [4.69, 9.17) is 4.74 Å². The van der Waals surface area contributed by atoms with Crippen molar-refractivity contribution in [3.8, 4) is 5.75 Å². The molecule has 140 valence electrons. The zero-order chi connectivity index (χ0) is 18.7. The Morgan fingerprint density at radius 1 is 1.19 bits per heavy atom. The summed E-state index contributed by atoms with van der Waals surface area (Å²) in [6, 6.07) is 6.69. The predicted molar refractivity (Wildman–Crippen MR) is 96.9 cm³/mol. The Bertz CT molecular complexity index is 712. The largest absolute Gasteiger partial charge is 0.492 e. The second-order valence-electron chi connectivity index (χ2n) is 6.80. The molecule has 1 spiro atoms. The van der Waals surface area contributed by atoms with Crippen LogP contribution >= 0.6 is 0 Å². The number of urea groups is 1. The molecule has 1 saturated heterocycles. The van der Waals surface area contributed by atoms with Crippen LogP contribution in [0, 0.1) is 0 Å². The number of carbonyl (C=O) groups excluding carboxylic acids is 3. The number of imide groups is 1. The van der Waals surface area contributed by atoms with Crippen LogP contribution in [0.2, 0.25) is 0 Å². The Kier molecular flexibility index (Phi) is 5.15. The Labute approximate surface area is 153 Å². The van der Waals surface area contributed by atoms with Gasteiger partial charge in [0.05, 0.1) is 12.3 Å². The number of rotatable bonds is 5. The smallest absolute Gasteiger partial charge is 0.327 e. The lowest BCUT2D eigenvalue weighted by atomic mass is 9.81. The highest BCUT2D eigenvalue weighted by molar-refractivity contribution is 6.10. The standard InChI is InChI=1S/C19H25N3O4/c1-3-26-15-10-6-5-9-14(15)20-16(23)13-22-17(24)19(21(2)18(22)25)11-7-4-8-12-19/h5-6,9-10H,3-4,7-8,11-13H2,1-2H3,(H,20,23). The number of ether oxygens (including phenoxy) is 1. The van der Waals surface area contributed by atoms with Crippen LogP contribution in [0.1, 0.15) is 39.0 Å². The summed E-state index contributed by atoms with van der Waals surface area (Å²) >= 11 is 0. The quantitative estimate of drug-likeness (QED) is 0.820. The molecule has 7 nitrogen and oxygen atoms in total. The van der Waals surface area contributed by atoms with Crippen molar-refractivity contribution in [1.82, 2.24) is 9.80 Å². The molecule has 1 aliphatic heterocycles. The van der Waals surface area contributed by atoms with Gasteiger partial charge >= 0.3 is 6.03 Å². The molecule has 7 heteroatoms. The van der Waals surface area contributed by atoms with Gasteiger partial charge in [-0.1, -0.05) is 31.4 Å². The van der Waals surface area contributed by atoms with Gasteiger partial charge in [-0.25, -0.2) is 4.79 Å². The normalized spacial score (nSPS) is 19.2. The van der Waals surface area contributed by atoms with Crippen LogP contribution in [0.25, 0.3) is 0 Å². The van der Waals surface area contributed by atoms with E-state index in [1.54, 1.807) is 25.2 Å². The highest BCUT2D eigenvalue weighted by Crippen LogP contribution is 2.39. The Morgan fingerprint density at radius 2 is 1.88 bits per heavy atom. The molecule has 0 bridgehead atoms. The highest BCUT2D eigenvalue weighted by Gasteiger charge is 2.55. The number of hydrogen-bond donors (Lipinski definition) is 1. The molecular formula is C19H25N3O4. The van der Waals surface area contributed by atoms with Crippen molar-refractivity contribution >= 4 is 23.5 Å². The first kappa shape index (κ1) is 18.2. The van der Waals surface area contributed by atoms with E-state index in [0.717, 1.165) is 24.2 Å². The molecule has 1 heterocycles. The average Bonchev–Trinajstić information content (AvgIpc) is 2.81. The summed E-state index contributed by atoms with van der Waals surface area (Å²) in [5.74, 6) is -0.110. The zero-order valence-corrected chi connectivity index (χ0v) is 15.3. The molecular weight excluding hydrogens is 334 g/mol. The van der Waals surface area contributed by atoms with E-state index in [1.807, 2.05) is 13.0 Å². The number of anilines is 1. The molecule has 3 rings (SSSR count). The topological polar surface area (TPSA) is 79.0 Å². The third-order valence-corrected chi connectivity index (χ3v) is 5.25. The van der Waals surface area contributed by atoms with Crippen molar-refractivity contribution < 1.29 is 19.1 Å². The molecule has 0 atom stereocenters. The predicted octanol–water partition coefficient (Wildman–Crippen LogP) is 2.62. The van der Waals surface area contributed by atoms with Crippen LogP contribution in [-0.2, 0) is 9.59 Å². The molecule has 2 fully saturated rings. The minimum absolute atomic E-state index is 0.252. The molecule has 1 aromatic carbocycles. The third-order valence-electron chi connectivity index (χ3n) is 5.25. The molecule has 26 heavy (non-hydrogen) atoms. The van der Waals surface area contributed by atoms with Crippen LogP contribution in [0.15, 0.2) is 24.3 Å².